The Labute approximate surface area is 110 Å². The first-order valence-corrected chi connectivity index (χ1v) is 3.89. The van der Waals surface area contributed by atoms with E-state index in [-0.39, 0.29) is 29.6 Å². The molecule has 0 aliphatic carbocycles. The molecule has 0 saturated carbocycles. The van der Waals surface area contributed by atoms with Crippen LogP contribution in [-0.2, 0) is 4.79 Å². The first-order valence-electron chi connectivity index (χ1n) is 3.89. The van der Waals surface area contributed by atoms with Gasteiger partial charge in [0.25, 0.3) is 0 Å². The van der Waals surface area contributed by atoms with Crippen LogP contribution in [0.1, 0.15) is 10.4 Å². The molecule has 0 saturated heterocycles. The Morgan fingerprint density at radius 3 is 2.20 bits per heavy atom. The van der Waals surface area contributed by atoms with Crippen LogP contribution in [-0.4, -0.2) is 24.0 Å². The van der Waals surface area contributed by atoms with Gasteiger partial charge >= 0.3 is 29.6 Å². The van der Waals surface area contributed by atoms with Gasteiger partial charge in [-0.05, 0) is 12.1 Å². The largest absolute Gasteiger partial charge is 1.00 e. The van der Waals surface area contributed by atoms with Gasteiger partial charge in [0.05, 0.1) is 7.11 Å². The summed E-state index contributed by atoms with van der Waals surface area (Å²) in [6.45, 7) is 0. The maximum atomic E-state index is 11.2. The Bertz CT molecular complexity index is 345. The number of carbonyl (C=O) groups excluding carboxylic acids is 1. The topological polar surface area (TPSA) is 63.6 Å². The first-order chi connectivity index (χ1) is 6.63. The minimum Gasteiger partial charge on any atom is -0.497 e. The van der Waals surface area contributed by atoms with Crippen LogP contribution in [0.15, 0.2) is 24.3 Å². The van der Waals surface area contributed by atoms with Gasteiger partial charge in [-0.1, -0.05) is 6.42 Å². The van der Waals surface area contributed by atoms with Gasteiger partial charge in [-0.2, -0.15) is 0 Å². The van der Waals surface area contributed by atoms with Crippen molar-refractivity contribution in [2.45, 2.75) is 0 Å². The molecule has 1 aromatic carbocycles. The van der Waals surface area contributed by atoms with Crippen LogP contribution in [0, 0.1) is 6.42 Å². The summed E-state index contributed by atoms with van der Waals surface area (Å²) in [4.78, 5) is 21.4. The Hall–Kier alpha value is -0.970. The molecule has 74 valence electrons. The van der Waals surface area contributed by atoms with E-state index < -0.39 is 11.8 Å². The molecule has 0 amide bonds. The van der Waals surface area contributed by atoms with Gasteiger partial charge in [0, 0.05) is 5.78 Å². The number of rotatable bonds is 4. The molecule has 5 heteroatoms. The van der Waals surface area contributed by atoms with Crippen LogP contribution in [0.4, 0.5) is 0 Å². The van der Waals surface area contributed by atoms with Crippen LogP contribution in [0.5, 0.6) is 5.75 Å². The van der Waals surface area contributed by atoms with Crippen LogP contribution < -0.4 is 34.3 Å². The number of carboxylic acids is 1. The first kappa shape index (κ1) is 14.0. The molecule has 1 aromatic rings. The SMILES string of the molecule is COc1ccc(C(=O)[CH-]C(=O)O)cc1.[Na+]. The molecule has 4 nitrogen and oxygen atoms in total. The van der Waals surface area contributed by atoms with Crippen molar-refractivity contribution < 1.29 is 49.0 Å². The van der Waals surface area contributed by atoms with Crippen molar-refractivity contribution in [3.05, 3.63) is 36.2 Å². The summed E-state index contributed by atoms with van der Waals surface area (Å²) in [6, 6.07) is 6.23. The molecule has 0 aliphatic rings. The zero-order chi connectivity index (χ0) is 10.6. The van der Waals surface area contributed by atoms with E-state index in [4.69, 9.17) is 9.84 Å². The van der Waals surface area contributed by atoms with Crippen LogP contribution in [0.3, 0.4) is 0 Å². The average Bonchev–Trinajstić information content (AvgIpc) is 2.17. The molecule has 0 radical (unpaired) electrons. The summed E-state index contributed by atoms with van der Waals surface area (Å²) < 4.78 is 4.89. The van der Waals surface area contributed by atoms with E-state index in [1.807, 2.05) is 0 Å². The Morgan fingerprint density at radius 2 is 1.80 bits per heavy atom. The van der Waals surface area contributed by atoms with Crippen molar-refractivity contribution in [2.75, 3.05) is 7.11 Å². The smallest absolute Gasteiger partial charge is 0.497 e. The summed E-state index contributed by atoms with van der Waals surface area (Å²) in [6.07, 6.45) is 0.627. The van der Waals surface area contributed by atoms with E-state index in [9.17, 15) is 9.59 Å². The Morgan fingerprint density at radius 1 is 1.27 bits per heavy atom. The molecule has 15 heavy (non-hydrogen) atoms. The van der Waals surface area contributed by atoms with Crippen molar-refractivity contribution in [1.29, 1.82) is 0 Å². The maximum Gasteiger partial charge on any atom is 1.00 e. The molecule has 0 fully saturated rings. The fourth-order valence-corrected chi connectivity index (χ4v) is 0.951. The molecule has 0 unspecified atom stereocenters. The van der Waals surface area contributed by atoms with E-state index in [1.165, 1.54) is 19.2 Å². The van der Waals surface area contributed by atoms with Gasteiger partial charge in [0.2, 0.25) is 5.97 Å². The zero-order valence-electron chi connectivity index (χ0n) is 8.56. The number of hydrogen-bond donors (Lipinski definition) is 1. The molecule has 0 spiro atoms. The fourth-order valence-electron chi connectivity index (χ4n) is 0.951. The number of ketones is 1. The van der Waals surface area contributed by atoms with Crippen LogP contribution in [0.2, 0.25) is 0 Å². The predicted octanol–water partition coefficient (Wildman–Crippen LogP) is -1.83. The molecule has 0 bridgehead atoms. The number of benzene rings is 1. The van der Waals surface area contributed by atoms with Crippen molar-refractivity contribution >= 4 is 11.8 Å². The molecule has 0 aromatic heterocycles. The van der Waals surface area contributed by atoms with Crippen LogP contribution >= 0.6 is 0 Å². The molecule has 1 rings (SSSR count). The van der Waals surface area contributed by atoms with E-state index >= 15 is 0 Å². The van der Waals surface area contributed by atoms with Crippen molar-refractivity contribution in [3.63, 3.8) is 0 Å². The monoisotopic (exact) mass is 216 g/mol. The van der Waals surface area contributed by atoms with Gasteiger partial charge < -0.3 is 14.6 Å². The second-order valence-corrected chi connectivity index (χ2v) is 2.58. The molecule has 0 atom stereocenters. The number of methoxy groups -OCH3 is 1. The fraction of sp³-hybridized carbons (Fsp3) is 0.100. The van der Waals surface area contributed by atoms with Gasteiger partial charge in [-0.3, -0.25) is 4.79 Å². The molecule has 0 aliphatic heterocycles. The average molecular weight is 216 g/mol. The molecular weight excluding hydrogens is 207 g/mol. The van der Waals surface area contributed by atoms with Crippen molar-refractivity contribution in [1.82, 2.24) is 0 Å². The van der Waals surface area contributed by atoms with E-state index in [0.29, 0.717) is 17.7 Å². The Kier molecular flexibility index (Phi) is 6.08. The van der Waals surface area contributed by atoms with Gasteiger partial charge in [0.1, 0.15) is 5.75 Å². The van der Waals surface area contributed by atoms with E-state index in [1.54, 1.807) is 12.1 Å². The predicted molar refractivity (Wildman–Crippen MR) is 49.3 cm³/mol. The second kappa shape index (κ2) is 6.50. The minimum atomic E-state index is -1.24. The number of hydrogen-bond acceptors (Lipinski definition) is 3. The third-order valence-corrected chi connectivity index (χ3v) is 1.63. The van der Waals surface area contributed by atoms with Gasteiger partial charge in [0.15, 0.2) is 0 Å². The normalized spacial score (nSPS) is 8.60. The van der Waals surface area contributed by atoms with E-state index in [0.717, 1.165) is 0 Å². The Balaban J connectivity index is 0.00000196. The van der Waals surface area contributed by atoms with Gasteiger partial charge in [-0.15, -0.1) is 17.7 Å². The van der Waals surface area contributed by atoms with E-state index in [2.05, 4.69) is 0 Å². The molecule has 0 heterocycles. The zero-order valence-corrected chi connectivity index (χ0v) is 10.6. The summed E-state index contributed by atoms with van der Waals surface area (Å²) in [5.41, 5.74) is 0.327. The van der Waals surface area contributed by atoms with Crippen molar-refractivity contribution in [2.24, 2.45) is 0 Å². The quantitative estimate of drug-likeness (QED) is 0.278. The summed E-state index contributed by atoms with van der Waals surface area (Å²) in [7, 11) is 1.51. The third-order valence-electron chi connectivity index (χ3n) is 1.63. The summed E-state index contributed by atoms with van der Waals surface area (Å²) in [5.74, 6) is -1.15. The number of Topliss-reactive ketones (excluding diaryl/α,β-unsaturated/α-hetero) is 1. The number of carbonyl (C=O) groups is 2. The number of ether oxygens (including phenoxy) is 1. The van der Waals surface area contributed by atoms with Crippen molar-refractivity contribution in [3.8, 4) is 5.75 Å². The molecule has 1 N–H and O–H groups in total. The summed E-state index contributed by atoms with van der Waals surface area (Å²) >= 11 is 0. The number of aliphatic carboxylic acids is 1. The molecular formula is C10H9NaO4. The minimum absolute atomic E-state index is 0. The van der Waals surface area contributed by atoms with Crippen LogP contribution in [0.25, 0.3) is 0 Å². The summed E-state index contributed by atoms with van der Waals surface area (Å²) in [5, 5.41) is 8.34. The van der Waals surface area contributed by atoms with Gasteiger partial charge in [-0.25, -0.2) is 0 Å². The number of carboxylic acid groups (broad SMARTS) is 1. The standard InChI is InChI=1S/C10H9O4.Na/c1-14-8-4-2-7(3-5-8)9(11)6-10(12)13;/h2-6H,1H3,(H,12,13);/q-1;+1. The maximum absolute atomic E-state index is 11.2. The third kappa shape index (κ3) is 4.38. The second-order valence-electron chi connectivity index (χ2n) is 2.58.